The molecule has 0 aromatic carbocycles. The van der Waals surface area contributed by atoms with Crippen LogP contribution in [0.25, 0.3) is 0 Å². The Morgan fingerprint density at radius 3 is 1.14 bits per heavy atom. The molecule has 0 saturated heterocycles. The van der Waals surface area contributed by atoms with Gasteiger partial charge in [0, 0.05) is 20.0 Å². The molecule has 0 bridgehead atoms. The molecule has 0 aliphatic heterocycles. The average molecular weight is 411 g/mol. The van der Waals surface area contributed by atoms with Gasteiger partial charge in [0.15, 0.2) is 0 Å². The van der Waals surface area contributed by atoms with Crippen LogP contribution in [0.1, 0.15) is 6.92 Å². The van der Waals surface area contributed by atoms with E-state index in [0.717, 1.165) is 0 Å². The van der Waals surface area contributed by atoms with Gasteiger partial charge in [-0.15, -0.1) is 0 Å². The molecule has 0 saturated carbocycles. The fraction of sp³-hybridized carbons (Fsp3) is 0.944. The Morgan fingerprint density at radius 2 is 0.857 bits per heavy atom. The molecule has 0 radical (unpaired) electrons. The number of rotatable bonds is 23. The van der Waals surface area contributed by atoms with Crippen molar-refractivity contribution in [1.29, 1.82) is 0 Å². The molecule has 0 atom stereocenters. The van der Waals surface area contributed by atoms with Crippen LogP contribution >= 0.6 is 0 Å². The maximum absolute atomic E-state index is 10.6. The molecule has 0 aliphatic carbocycles. The first-order valence-electron chi connectivity index (χ1n) is 9.76. The zero-order chi connectivity index (χ0) is 20.5. The fourth-order valence-electron chi connectivity index (χ4n) is 1.80. The molecule has 28 heavy (non-hydrogen) atoms. The number of hydrogen-bond donors (Lipinski definition) is 2. The molecule has 0 heterocycles. The summed E-state index contributed by atoms with van der Waals surface area (Å²) in [4.78, 5) is 10.6. The molecule has 1 amide bonds. The predicted molar refractivity (Wildman–Crippen MR) is 103 cm³/mol. The van der Waals surface area contributed by atoms with E-state index >= 15 is 0 Å². The van der Waals surface area contributed by atoms with E-state index in [4.69, 9.17) is 38.9 Å². The maximum atomic E-state index is 10.6. The Hall–Kier alpha value is -0.850. The van der Waals surface area contributed by atoms with Gasteiger partial charge in [-0.1, -0.05) is 0 Å². The number of amides is 1. The first-order chi connectivity index (χ1) is 13.8. The summed E-state index contributed by atoms with van der Waals surface area (Å²) in [6.45, 7) is 9.84. The third-order valence-electron chi connectivity index (χ3n) is 3.11. The monoisotopic (exact) mass is 410 g/mol. The summed E-state index contributed by atoms with van der Waals surface area (Å²) in [5.41, 5.74) is 5.30. The topological polar surface area (TPSA) is 120 Å². The van der Waals surface area contributed by atoms with E-state index in [1.807, 2.05) is 0 Å². The summed E-state index contributed by atoms with van der Waals surface area (Å²) < 4.78 is 37.3. The number of carbonyl (C=O) groups excluding carboxylic acids is 1. The fourth-order valence-corrected chi connectivity index (χ4v) is 1.80. The molecule has 0 fully saturated rings. The highest BCUT2D eigenvalue weighted by Crippen LogP contribution is 1.85. The first-order valence-corrected chi connectivity index (χ1v) is 9.76. The van der Waals surface area contributed by atoms with Gasteiger partial charge >= 0.3 is 0 Å². The van der Waals surface area contributed by atoms with Gasteiger partial charge < -0.3 is 44.2 Å². The van der Waals surface area contributed by atoms with Gasteiger partial charge in [0.25, 0.3) is 0 Å². The number of hydrogen-bond acceptors (Lipinski definition) is 9. The minimum atomic E-state index is -0.0562. The van der Waals surface area contributed by atoms with Gasteiger partial charge in [-0.3, -0.25) is 4.79 Å². The minimum absolute atomic E-state index is 0.0562. The first kappa shape index (κ1) is 27.1. The summed E-state index contributed by atoms with van der Waals surface area (Å²) in [5.74, 6) is -0.0562. The van der Waals surface area contributed by atoms with Crippen molar-refractivity contribution >= 4 is 5.91 Å². The summed E-state index contributed by atoms with van der Waals surface area (Å²) >= 11 is 0. The Kier molecular flexibility index (Phi) is 23.5. The minimum Gasteiger partial charge on any atom is -0.378 e. The highest BCUT2D eigenvalue weighted by molar-refractivity contribution is 5.72. The van der Waals surface area contributed by atoms with Crippen LogP contribution in [0.15, 0.2) is 0 Å². The lowest BCUT2D eigenvalue weighted by Crippen LogP contribution is -2.25. The second-order valence-corrected chi connectivity index (χ2v) is 5.56. The van der Waals surface area contributed by atoms with Crippen LogP contribution in [0.5, 0.6) is 0 Å². The van der Waals surface area contributed by atoms with Gasteiger partial charge in [0.05, 0.1) is 92.5 Å². The van der Waals surface area contributed by atoms with Crippen molar-refractivity contribution in [2.75, 3.05) is 106 Å². The molecule has 0 unspecified atom stereocenters. The van der Waals surface area contributed by atoms with Crippen LogP contribution in [0.4, 0.5) is 0 Å². The van der Waals surface area contributed by atoms with Crippen LogP contribution in [-0.4, -0.2) is 111 Å². The zero-order valence-electron chi connectivity index (χ0n) is 17.2. The lowest BCUT2D eigenvalue weighted by atomic mass is 10.6. The molecule has 0 rings (SSSR count). The number of carbonyl (C=O) groups is 1. The molecule has 0 spiro atoms. The van der Waals surface area contributed by atoms with E-state index in [-0.39, 0.29) is 5.91 Å². The van der Waals surface area contributed by atoms with E-state index in [1.54, 1.807) is 0 Å². The molecule has 0 aliphatic rings. The van der Waals surface area contributed by atoms with E-state index in [9.17, 15) is 4.79 Å². The lowest BCUT2D eigenvalue weighted by Gasteiger charge is -2.08. The molecular weight excluding hydrogens is 372 g/mol. The van der Waals surface area contributed by atoms with Crippen molar-refractivity contribution in [3.05, 3.63) is 0 Å². The normalized spacial score (nSPS) is 11.1. The molecule has 10 nitrogen and oxygen atoms in total. The SMILES string of the molecule is CC(=O)NCCOCCOCCOCCOCCOCCOCCOCCN. The third kappa shape index (κ3) is 25.1. The summed E-state index contributed by atoms with van der Waals surface area (Å²) in [7, 11) is 0. The standard InChI is InChI=1S/C18H38N2O8/c1-18(21)20-3-5-23-7-9-25-11-13-27-15-17-28-16-14-26-12-10-24-8-6-22-4-2-19/h2-17,19H2,1H3,(H,20,21). The Morgan fingerprint density at radius 1 is 0.571 bits per heavy atom. The predicted octanol–water partition coefficient (Wildman–Crippen LogP) is -0.803. The highest BCUT2D eigenvalue weighted by atomic mass is 16.6. The summed E-state index contributed by atoms with van der Waals surface area (Å²) in [6, 6.07) is 0. The second kappa shape index (κ2) is 24.2. The molecule has 0 aromatic rings. The third-order valence-corrected chi connectivity index (χ3v) is 3.11. The van der Waals surface area contributed by atoms with Gasteiger partial charge in [0.1, 0.15) is 0 Å². The van der Waals surface area contributed by atoms with Crippen molar-refractivity contribution in [2.45, 2.75) is 6.92 Å². The Labute approximate surface area is 168 Å². The largest absolute Gasteiger partial charge is 0.378 e. The van der Waals surface area contributed by atoms with Gasteiger partial charge in [-0.25, -0.2) is 0 Å². The van der Waals surface area contributed by atoms with Crippen molar-refractivity contribution in [3.63, 3.8) is 0 Å². The van der Waals surface area contributed by atoms with Gasteiger partial charge in [-0.05, 0) is 0 Å². The van der Waals surface area contributed by atoms with Crippen LogP contribution < -0.4 is 11.1 Å². The zero-order valence-corrected chi connectivity index (χ0v) is 17.2. The molecule has 3 N–H and O–H groups in total. The second-order valence-electron chi connectivity index (χ2n) is 5.56. The van der Waals surface area contributed by atoms with Gasteiger partial charge in [-0.2, -0.15) is 0 Å². The molecular formula is C18H38N2O8. The van der Waals surface area contributed by atoms with E-state index < -0.39 is 0 Å². The number of ether oxygens (including phenoxy) is 7. The lowest BCUT2D eigenvalue weighted by molar-refractivity contribution is -0.119. The summed E-state index contributed by atoms with van der Waals surface area (Å²) in [6.07, 6.45) is 0. The van der Waals surface area contributed by atoms with Crippen molar-refractivity contribution in [2.24, 2.45) is 5.73 Å². The number of nitrogens with two attached hydrogens (primary N) is 1. The van der Waals surface area contributed by atoms with Crippen LogP contribution in [0.3, 0.4) is 0 Å². The highest BCUT2D eigenvalue weighted by Gasteiger charge is 1.95. The average Bonchev–Trinajstić information content (AvgIpc) is 2.68. The van der Waals surface area contributed by atoms with Crippen LogP contribution in [0, 0.1) is 0 Å². The van der Waals surface area contributed by atoms with Crippen molar-refractivity contribution < 1.29 is 38.0 Å². The van der Waals surface area contributed by atoms with E-state index in [1.165, 1.54) is 6.92 Å². The molecule has 168 valence electrons. The van der Waals surface area contributed by atoms with E-state index in [0.29, 0.717) is 106 Å². The Bertz CT molecular complexity index is 324. The molecule has 0 aromatic heterocycles. The van der Waals surface area contributed by atoms with E-state index in [2.05, 4.69) is 5.32 Å². The quantitative estimate of drug-likeness (QED) is 0.209. The van der Waals surface area contributed by atoms with Crippen molar-refractivity contribution in [3.8, 4) is 0 Å². The van der Waals surface area contributed by atoms with Crippen molar-refractivity contribution in [1.82, 2.24) is 5.32 Å². The Balaban J connectivity index is 2.99. The summed E-state index contributed by atoms with van der Waals surface area (Å²) in [5, 5.41) is 2.65. The van der Waals surface area contributed by atoms with Gasteiger partial charge in [0.2, 0.25) is 5.91 Å². The van der Waals surface area contributed by atoms with Crippen LogP contribution in [0.2, 0.25) is 0 Å². The molecule has 10 heteroatoms. The number of nitrogens with one attached hydrogen (secondary N) is 1. The maximum Gasteiger partial charge on any atom is 0.216 e. The van der Waals surface area contributed by atoms with Crippen LogP contribution in [-0.2, 0) is 38.0 Å². The smallest absolute Gasteiger partial charge is 0.216 e.